The minimum Gasteiger partial charge on any atom is -0.327 e. The summed E-state index contributed by atoms with van der Waals surface area (Å²) >= 11 is 3.16. The van der Waals surface area contributed by atoms with Gasteiger partial charge in [-0.2, -0.15) is 11.3 Å². The zero-order chi connectivity index (χ0) is 13.2. The topological polar surface area (TPSA) is 68.0 Å². The van der Waals surface area contributed by atoms with Crippen molar-refractivity contribution in [3.8, 4) is 0 Å². The van der Waals surface area contributed by atoms with Crippen LogP contribution in [0, 0.1) is 0 Å². The fourth-order valence-corrected chi connectivity index (χ4v) is 3.98. The lowest BCUT2D eigenvalue weighted by Crippen LogP contribution is -2.27. The van der Waals surface area contributed by atoms with Crippen LogP contribution in [0.15, 0.2) is 16.8 Å². The molecule has 19 heavy (non-hydrogen) atoms. The van der Waals surface area contributed by atoms with Crippen molar-refractivity contribution in [1.82, 2.24) is 4.98 Å². The molecule has 0 aromatic carbocycles. The summed E-state index contributed by atoms with van der Waals surface area (Å²) in [6.45, 7) is 0. The van der Waals surface area contributed by atoms with E-state index in [0.29, 0.717) is 11.6 Å². The lowest BCUT2D eigenvalue weighted by molar-refractivity contribution is -0.115. The number of fused-ring (bicyclic) bond motifs is 1. The maximum absolute atomic E-state index is 11.9. The smallest absolute Gasteiger partial charge is 0.230 e. The van der Waals surface area contributed by atoms with E-state index >= 15 is 0 Å². The van der Waals surface area contributed by atoms with Gasteiger partial charge in [0.15, 0.2) is 5.13 Å². The van der Waals surface area contributed by atoms with Crippen LogP contribution in [-0.4, -0.2) is 16.9 Å². The van der Waals surface area contributed by atoms with E-state index in [1.807, 2.05) is 16.8 Å². The van der Waals surface area contributed by atoms with E-state index in [0.717, 1.165) is 30.5 Å². The summed E-state index contributed by atoms with van der Waals surface area (Å²) in [5.41, 5.74) is 8.10. The van der Waals surface area contributed by atoms with Crippen molar-refractivity contribution in [3.63, 3.8) is 0 Å². The van der Waals surface area contributed by atoms with Gasteiger partial charge in [0.1, 0.15) is 0 Å². The Balaban J connectivity index is 1.65. The van der Waals surface area contributed by atoms with Crippen molar-refractivity contribution in [2.75, 3.05) is 5.32 Å². The molecule has 1 aliphatic rings. The normalized spacial score (nSPS) is 18.1. The largest absolute Gasteiger partial charge is 0.327 e. The first-order valence-corrected chi connectivity index (χ1v) is 8.02. The standard InChI is InChI=1S/C13H15N3OS2/c14-9-1-2-10-11(6-9)19-13(15-10)16-12(17)5-8-3-4-18-7-8/h3-4,7,9H,1-2,5-6,14H2,(H,15,16,17)/t9-/m0/s1. The maximum Gasteiger partial charge on any atom is 0.230 e. The predicted octanol–water partition coefficient (Wildman–Crippen LogP) is 2.20. The van der Waals surface area contributed by atoms with Gasteiger partial charge in [-0.3, -0.25) is 4.79 Å². The molecule has 4 nitrogen and oxygen atoms in total. The number of amides is 1. The molecule has 2 aromatic heterocycles. The number of anilines is 1. The Morgan fingerprint density at radius 1 is 1.58 bits per heavy atom. The summed E-state index contributed by atoms with van der Waals surface area (Å²) < 4.78 is 0. The molecule has 0 spiro atoms. The number of nitrogens with one attached hydrogen (secondary N) is 1. The van der Waals surface area contributed by atoms with Gasteiger partial charge in [-0.15, -0.1) is 11.3 Å². The van der Waals surface area contributed by atoms with Crippen LogP contribution >= 0.6 is 22.7 Å². The molecule has 0 bridgehead atoms. The van der Waals surface area contributed by atoms with Crippen LogP contribution in [0.2, 0.25) is 0 Å². The van der Waals surface area contributed by atoms with Gasteiger partial charge >= 0.3 is 0 Å². The molecule has 0 aliphatic heterocycles. The summed E-state index contributed by atoms with van der Waals surface area (Å²) in [6, 6.07) is 2.21. The van der Waals surface area contributed by atoms with Gasteiger partial charge in [-0.05, 0) is 41.7 Å². The Hall–Kier alpha value is -1.24. The second kappa shape index (κ2) is 5.40. The van der Waals surface area contributed by atoms with Gasteiger partial charge in [0.05, 0.1) is 12.1 Å². The molecule has 0 radical (unpaired) electrons. The first kappa shape index (κ1) is 12.8. The summed E-state index contributed by atoms with van der Waals surface area (Å²) in [5.74, 6) is -0.00574. The van der Waals surface area contributed by atoms with Crippen molar-refractivity contribution in [2.24, 2.45) is 5.73 Å². The molecule has 0 fully saturated rings. The third kappa shape index (κ3) is 3.02. The van der Waals surface area contributed by atoms with Gasteiger partial charge < -0.3 is 11.1 Å². The fraction of sp³-hybridized carbons (Fsp3) is 0.385. The molecular weight excluding hydrogens is 278 g/mol. The second-order valence-electron chi connectivity index (χ2n) is 4.75. The van der Waals surface area contributed by atoms with Gasteiger partial charge in [0, 0.05) is 10.9 Å². The number of thiazole rings is 1. The number of hydrogen-bond acceptors (Lipinski definition) is 5. The Kier molecular flexibility index (Phi) is 3.63. The highest BCUT2D eigenvalue weighted by Crippen LogP contribution is 2.29. The van der Waals surface area contributed by atoms with Crippen molar-refractivity contribution in [2.45, 2.75) is 31.7 Å². The minimum atomic E-state index is -0.00574. The van der Waals surface area contributed by atoms with Crippen molar-refractivity contribution < 1.29 is 4.79 Å². The van der Waals surface area contributed by atoms with Crippen molar-refractivity contribution in [1.29, 1.82) is 0 Å². The highest BCUT2D eigenvalue weighted by Gasteiger charge is 2.20. The molecule has 1 atom stereocenters. The number of thiophene rings is 1. The van der Waals surface area contributed by atoms with E-state index in [2.05, 4.69) is 10.3 Å². The fourth-order valence-electron chi connectivity index (χ4n) is 2.20. The Morgan fingerprint density at radius 3 is 3.26 bits per heavy atom. The Bertz CT molecular complexity index is 577. The number of nitrogens with zero attached hydrogens (tertiary/aromatic N) is 1. The highest BCUT2D eigenvalue weighted by molar-refractivity contribution is 7.15. The molecule has 0 saturated carbocycles. The number of nitrogens with two attached hydrogens (primary N) is 1. The minimum absolute atomic E-state index is 0.00574. The average Bonchev–Trinajstić information content (AvgIpc) is 2.97. The number of aromatic nitrogens is 1. The number of hydrogen-bond donors (Lipinski definition) is 2. The second-order valence-corrected chi connectivity index (χ2v) is 6.61. The highest BCUT2D eigenvalue weighted by atomic mass is 32.1. The third-order valence-electron chi connectivity index (χ3n) is 3.17. The molecule has 3 rings (SSSR count). The lowest BCUT2D eigenvalue weighted by Gasteiger charge is -2.15. The Morgan fingerprint density at radius 2 is 2.47 bits per heavy atom. The van der Waals surface area contributed by atoms with Crippen LogP contribution in [0.5, 0.6) is 0 Å². The van der Waals surface area contributed by atoms with Gasteiger partial charge in [-0.25, -0.2) is 4.98 Å². The number of carbonyl (C=O) groups excluding carboxylic acids is 1. The summed E-state index contributed by atoms with van der Waals surface area (Å²) in [4.78, 5) is 17.6. The van der Waals surface area contributed by atoms with Gasteiger partial charge in [-0.1, -0.05) is 0 Å². The first-order chi connectivity index (χ1) is 9.20. The van der Waals surface area contributed by atoms with Crippen LogP contribution in [0.3, 0.4) is 0 Å². The van der Waals surface area contributed by atoms with Crippen LogP contribution in [0.4, 0.5) is 5.13 Å². The van der Waals surface area contributed by atoms with Crippen LogP contribution in [-0.2, 0) is 24.1 Å². The monoisotopic (exact) mass is 293 g/mol. The zero-order valence-corrected chi connectivity index (χ0v) is 12.0. The summed E-state index contributed by atoms with van der Waals surface area (Å²) in [5, 5.41) is 7.56. The molecule has 100 valence electrons. The van der Waals surface area contributed by atoms with Gasteiger partial charge in [0.2, 0.25) is 5.91 Å². The van der Waals surface area contributed by atoms with Crippen LogP contribution < -0.4 is 11.1 Å². The molecule has 6 heteroatoms. The molecule has 2 aromatic rings. The Labute approximate surface area is 119 Å². The number of carbonyl (C=O) groups is 1. The van der Waals surface area contributed by atoms with E-state index in [1.54, 1.807) is 22.7 Å². The first-order valence-electron chi connectivity index (χ1n) is 6.26. The van der Waals surface area contributed by atoms with E-state index in [9.17, 15) is 4.79 Å². The summed E-state index contributed by atoms with van der Waals surface area (Å²) in [7, 11) is 0. The molecule has 2 heterocycles. The maximum atomic E-state index is 11.9. The van der Waals surface area contributed by atoms with Crippen molar-refractivity contribution >= 4 is 33.7 Å². The lowest BCUT2D eigenvalue weighted by atomic mass is 9.99. The molecular formula is C13H15N3OS2. The third-order valence-corrected chi connectivity index (χ3v) is 4.94. The quantitative estimate of drug-likeness (QED) is 0.911. The molecule has 1 amide bonds. The molecule has 1 aliphatic carbocycles. The number of aryl methyl sites for hydroxylation is 1. The predicted molar refractivity (Wildman–Crippen MR) is 78.8 cm³/mol. The average molecular weight is 293 g/mol. The molecule has 0 saturated heterocycles. The van der Waals surface area contributed by atoms with E-state index < -0.39 is 0 Å². The zero-order valence-electron chi connectivity index (χ0n) is 10.4. The van der Waals surface area contributed by atoms with E-state index in [4.69, 9.17) is 5.73 Å². The molecule has 0 unspecified atom stereocenters. The van der Waals surface area contributed by atoms with E-state index in [1.165, 1.54) is 4.88 Å². The van der Waals surface area contributed by atoms with Crippen molar-refractivity contribution in [3.05, 3.63) is 33.0 Å². The van der Waals surface area contributed by atoms with E-state index in [-0.39, 0.29) is 11.9 Å². The molecule has 3 N–H and O–H groups in total. The SMILES string of the molecule is N[C@H]1CCc2nc(NC(=O)Cc3ccsc3)sc2C1. The van der Waals surface area contributed by atoms with Crippen LogP contribution in [0.25, 0.3) is 0 Å². The van der Waals surface area contributed by atoms with Gasteiger partial charge in [0.25, 0.3) is 0 Å². The van der Waals surface area contributed by atoms with Crippen LogP contribution in [0.1, 0.15) is 22.6 Å². The summed E-state index contributed by atoms with van der Waals surface area (Å²) in [6.07, 6.45) is 3.20. The number of rotatable bonds is 3.